The number of aliphatic hydroxyl groups excluding tert-OH is 1. The summed E-state index contributed by atoms with van der Waals surface area (Å²) in [6.07, 6.45) is 0.596. The van der Waals surface area contributed by atoms with Gasteiger partial charge in [0.1, 0.15) is 5.75 Å². The molecule has 0 atom stereocenters. The first kappa shape index (κ1) is 15.9. The first-order valence-corrected chi connectivity index (χ1v) is 7.30. The summed E-state index contributed by atoms with van der Waals surface area (Å²) in [5, 5.41) is 9.17. The van der Waals surface area contributed by atoms with Crippen LogP contribution in [0, 0.1) is 0 Å². The topological polar surface area (TPSA) is 84.9 Å². The molecule has 7 heteroatoms. The molecule has 0 radical (unpaired) electrons. The third-order valence-corrected chi connectivity index (χ3v) is 4.01. The quantitative estimate of drug-likeness (QED) is 0.681. The average molecular weight is 289 g/mol. The number of ether oxygens (including phenoxy) is 2. The van der Waals surface area contributed by atoms with Crippen LogP contribution in [0.2, 0.25) is 0 Å². The van der Waals surface area contributed by atoms with Crippen LogP contribution >= 0.6 is 0 Å². The molecule has 108 valence electrons. The van der Waals surface area contributed by atoms with Crippen molar-refractivity contribution in [2.24, 2.45) is 0 Å². The van der Waals surface area contributed by atoms with Crippen LogP contribution in [0.25, 0.3) is 0 Å². The van der Waals surface area contributed by atoms with Crippen LogP contribution in [-0.4, -0.2) is 40.9 Å². The standard InChI is InChI=1S/C12H19NO5S/c1-17-7-3-6-13-19(15,16)11-4-5-12(18-2)10(8-11)9-14/h4-5,8,13-14H,3,6-7,9H2,1-2H3. The van der Waals surface area contributed by atoms with Crippen molar-refractivity contribution in [2.75, 3.05) is 27.4 Å². The lowest BCUT2D eigenvalue weighted by Crippen LogP contribution is -2.25. The van der Waals surface area contributed by atoms with E-state index in [1.54, 1.807) is 7.11 Å². The molecule has 0 aliphatic carbocycles. The van der Waals surface area contributed by atoms with Crippen molar-refractivity contribution in [3.63, 3.8) is 0 Å². The molecular weight excluding hydrogens is 270 g/mol. The van der Waals surface area contributed by atoms with Crippen LogP contribution in [-0.2, 0) is 21.4 Å². The first-order valence-electron chi connectivity index (χ1n) is 5.81. The van der Waals surface area contributed by atoms with Gasteiger partial charge in [0.15, 0.2) is 0 Å². The summed E-state index contributed by atoms with van der Waals surface area (Å²) in [6, 6.07) is 4.36. The summed E-state index contributed by atoms with van der Waals surface area (Å²) >= 11 is 0. The van der Waals surface area contributed by atoms with Gasteiger partial charge in [0.05, 0.1) is 18.6 Å². The lowest BCUT2D eigenvalue weighted by molar-refractivity contribution is 0.196. The van der Waals surface area contributed by atoms with Crippen LogP contribution in [0.1, 0.15) is 12.0 Å². The molecule has 0 unspecified atom stereocenters. The molecule has 0 spiro atoms. The van der Waals surface area contributed by atoms with E-state index in [-0.39, 0.29) is 11.5 Å². The van der Waals surface area contributed by atoms with E-state index in [0.717, 1.165) is 0 Å². The molecule has 6 nitrogen and oxygen atoms in total. The fourth-order valence-electron chi connectivity index (χ4n) is 1.55. The second-order valence-electron chi connectivity index (χ2n) is 3.88. The lowest BCUT2D eigenvalue weighted by atomic mass is 10.2. The summed E-state index contributed by atoms with van der Waals surface area (Å²) in [6.45, 7) is 0.514. The molecule has 0 bridgehead atoms. The number of hydrogen-bond acceptors (Lipinski definition) is 5. The molecule has 0 saturated heterocycles. The van der Waals surface area contributed by atoms with Gasteiger partial charge in [-0.25, -0.2) is 13.1 Å². The Bertz CT molecular complexity index is 501. The van der Waals surface area contributed by atoms with Crippen molar-refractivity contribution in [2.45, 2.75) is 17.9 Å². The highest BCUT2D eigenvalue weighted by Gasteiger charge is 2.15. The fourth-order valence-corrected chi connectivity index (χ4v) is 2.68. The maximum absolute atomic E-state index is 12.0. The Labute approximate surface area is 113 Å². The zero-order valence-corrected chi connectivity index (χ0v) is 11.9. The number of sulfonamides is 1. The van der Waals surface area contributed by atoms with Gasteiger partial charge in [-0.05, 0) is 24.6 Å². The average Bonchev–Trinajstić information content (AvgIpc) is 2.42. The molecule has 0 heterocycles. The minimum atomic E-state index is -3.57. The minimum Gasteiger partial charge on any atom is -0.496 e. The Morgan fingerprint density at radius 3 is 2.63 bits per heavy atom. The van der Waals surface area contributed by atoms with Gasteiger partial charge in [-0.1, -0.05) is 0 Å². The Hall–Kier alpha value is -1.15. The van der Waals surface area contributed by atoms with Gasteiger partial charge in [-0.3, -0.25) is 0 Å². The molecular formula is C12H19NO5S. The largest absolute Gasteiger partial charge is 0.496 e. The van der Waals surface area contributed by atoms with E-state index < -0.39 is 10.0 Å². The van der Waals surface area contributed by atoms with E-state index in [2.05, 4.69) is 4.72 Å². The molecule has 2 N–H and O–H groups in total. The SMILES string of the molecule is COCCCNS(=O)(=O)c1ccc(OC)c(CO)c1. The van der Waals surface area contributed by atoms with E-state index in [1.807, 2.05) is 0 Å². The fraction of sp³-hybridized carbons (Fsp3) is 0.500. The summed E-state index contributed by atoms with van der Waals surface area (Å²) < 4.78 is 36.3. The van der Waals surface area contributed by atoms with Crippen molar-refractivity contribution in [1.29, 1.82) is 0 Å². The molecule has 1 aromatic rings. The summed E-state index contributed by atoms with van der Waals surface area (Å²) in [7, 11) is -0.546. The first-order chi connectivity index (χ1) is 9.05. The maximum atomic E-state index is 12.0. The van der Waals surface area contributed by atoms with Gasteiger partial charge in [-0.15, -0.1) is 0 Å². The third kappa shape index (κ3) is 4.46. The number of benzene rings is 1. The molecule has 1 rings (SSSR count). The van der Waals surface area contributed by atoms with E-state index in [9.17, 15) is 13.5 Å². The number of methoxy groups -OCH3 is 2. The molecule has 0 amide bonds. The van der Waals surface area contributed by atoms with Crippen LogP contribution in [0.4, 0.5) is 0 Å². The molecule has 0 fully saturated rings. The third-order valence-electron chi connectivity index (χ3n) is 2.55. The molecule has 1 aromatic carbocycles. The monoisotopic (exact) mass is 289 g/mol. The normalized spacial score (nSPS) is 11.5. The Morgan fingerprint density at radius 1 is 1.32 bits per heavy atom. The maximum Gasteiger partial charge on any atom is 0.240 e. The van der Waals surface area contributed by atoms with E-state index in [4.69, 9.17) is 9.47 Å². The van der Waals surface area contributed by atoms with Crippen molar-refractivity contribution in [3.8, 4) is 5.75 Å². The van der Waals surface area contributed by atoms with Crippen LogP contribution in [0.3, 0.4) is 0 Å². The van der Waals surface area contributed by atoms with Crippen LogP contribution in [0.5, 0.6) is 5.75 Å². The van der Waals surface area contributed by atoms with E-state index >= 15 is 0 Å². The second kappa shape index (κ2) is 7.44. The minimum absolute atomic E-state index is 0.106. The Kier molecular flexibility index (Phi) is 6.23. The van der Waals surface area contributed by atoms with Gasteiger partial charge >= 0.3 is 0 Å². The highest BCUT2D eigenvalue weighted by atomic mass is 32.2. The second-order valence-corrected chi connectivity index (χ2v) is 5.64. The zero-order valence-electron chi connectivity index (χ0n) is 11.0. The smallest absolute Gasteiger partial charge is 0.240 e. The number of aliphatic hydroxyl groups is 1. The van der Waals surface area contributed by atoms with Crippen molar-refractivity contribution in [1.82, 2.24) is 4.72 Å². The molecule has 19 heavy (non-hydrogen) atoms. The lowest BCUT2D eigenvalue weighted by Gasteiger charge is -2.10. The van der Waals surface area contributed by atoms with Gasteiger partial charge in [-0.2, -0.15) is 0 Å². The zero-order chi connectivity index (χ0) is 14.3. The number of rotatable bonds is 8. The number of hydrogen-bond donors (Lipinski definition) is 2. The van der Waals surface area contributed by atoms with Gasteiger partial charge in [0.2, 0.25) is 10.0 Å². The molecule has 0 saturated carbocycles. The van der Waals surface area contributed by atoms with Crippen LogP contribution in [0.15, 0.2) is 23.1 Å². The summed E-state index contributed by atoms with van der Waals surface area (Å²) in [5.41, 5.74) is 0.433. The Balaban J connectivity index is 2.83. The predicted molar refractivity (Wildman–Crippen MR) is 70.6 cm³/mol. The van der Waals surface area contributed by atoms with E-state index in [0.29, 0.717) is 30.9 Å². The molecule has 0 aromatic heterocycles. The van der Waals surface area contributed by atoms with Gasteiger partial charge in [0, 0.05) is 25.8 Å². The highest BCUT2D eigenvalue weighted by Crippen LogP contribution is 2.22. The van der Waals surface area contributed by atoms with Gasteiger partial charge < -0.3 is 14.6 Å². The van der Waals surface area contributed by atoms with Crippen molar-refractivity contribution < 1.29 is 23.0 Å². The van der Waals surface area contributed by atoms with Crippen molar-refractivity contribution in [3.05, 3.63) is 23.8 Å². The molecule has 0 aliphatic rings. The summed E-state index contributed by atoms with van der Waals surface area (Å²) in [4.78, 5) is 0.106. The number of nitrogens with one attached hydrogen (secondary N) is 1. The van der Waals surface area contributed by atoms with Gasteiger partial charge in [0.25, 0.3) is 0 Å². The summed E-state index contributed by atoms with van der Waals surface area (Å²) in [5.74, 6) is 0.459. The molecule has 0 aliphatic heterocycles. The van der Waals surface area contributed by atoms with Crippen LogP contribution < -0.4 is 9.46 Å². The Morgan fingerprint density at radius 2 is 2.05 bits per heavy atom. The van der Waals surface area contributed by atoms with Crippen molar-refractivity contribution >= 4 is 10.0 Å². The highest BCUT2D eigenvalue weighted by molar-refractivity contribution is 7.89. The predicted octanol–water partition coefficient (Wildman–Crippen LogP) is 0.502. The van der Waals surface area contributed by atoms with E-state index in [1.165, 1.54) is 25.3 Å².